The Morgan fingerprint density at radius 3 is 2.35 bits per heavy atom. The molecule has 0 aliphatic carbocycles. The fourth-order valence-electron chi connectivity index (χ4n) is 3.71. The van der Waals surface area contributed by atoms with Crippen LogP contribution in [0.25, 0.3) is 17.3 Å². The SMILES string of the molecule is COc1cccc(OC)c1-n1c(NS(=O)(=O)C(C)C(O)c2ccc(Br)cc2F)nnc1-c1ccc(C)o1. The van der Waals surface area contributed by atoms with Crippen molar-refractivity contribution in [1.82, 2.24) is 14.8 Å². The van der Waals surface area contributed by atoms with E-state index in [0.29, 0.717) is 33.2 Å². The summed E-state index contributed by atoms with van der Waals surface area (Å²) < 4.78 is 62.1. The van der Waals surface area contributed by atoms with Gasteiger partial charge in [-0.05, 0) is 50.2 Å². The highest BCUT2D eigenvalue weighted by Gasteiger charge is 2.34. The Morgan fingerprint density at radius 1 is 1.11 bits per heavy atom. The van der Waals surface area contributed by atoms with E-state index in [9.17, 15) is 17.9 Å². The van der Waals surface area contributed by atoms with Crippen LogP contribution in [0, 0.1) is 12.7 Å². The highest BCUT2D eigenvalue weighted by Crippen LogP contribution is 2.38. The van der Waals surface area contributed by atoms with Gasteiger partial charge in [0.2, 0.25) is 21.8 Å². The summed E-state index contributed by atoms with van der Waals surface area (Å²) in [5, 5.41) is 17.5. The first kappa shape index (κ1) is 26.6. The number of halogens is 2. The number of hydrogen-bond donors (Lipinski definition) is 2. The van der Waals surface area contributed by atoms with E-state index in [1.165, 1.54) is 37.8 Å². The minimum atomic E-state index is -4.33. The Bertz CT molecular complexity index is 1520. The zero-order chi connectivity index (χ0) is 26.9. The van der Waals surface area contributed by atoms with Gasteiger partial charge in [-0.1, -0.05) is 28.1 Å². The lowest BCUT2D eigenvalue weighted by atomic mass is 10.1. The molecule has 2 aromatic carbocycles. The van der Waals surface area contributed by atoms with E-state index in [0.717, 1.165) is 6.07 Å². The molecule has 196 valence electrons. The maximum Gasteiger partial charge on any atom is 0.243 e. The number of aliphatic hydroxyl groups excluding tert-OH is 1. The largest absolute Gasteiger partial charge is 0.494 e. The first-order valence-electron chi connectivity index (χ1n) is 11.0. The molecular weight excluding hydrogens is 571 g/mol. The second-order valence-corrected chi connectivity index (χ2v) is 11.0. The number of nitrogens with one attached hydrogen (secondary N) is 1. The molecule has 2 aromatic heterocycles. The van der Waals surface area contributed by atoms with Gasteiger partial charge in [0.05, 0.1) is 14.2 Å². The summed E-state index contributed by atoms with van der Waals surface area (Å²) in [6.07, 6.45) is -1.67. The van der Waals surface area contributed by atoms with Crippen molar-refractivity contribution >= 4 is 31.9 Å². The number of sulfonamides is 1. The lowest BCUT2D eigenvalue weighted by Gasteiger charge is -2.22. The van der Waals surface area contributed by atoms with Crippen molar-refractivity contribution in [3.05, 3.63) is 70.1 Å². The van der Waals surface area contributed by atoms with Crippen LogP contribution in [0.4, 0.5) is 10.3 Å². The summed E-state index contributed by atoms with van der Waals surface area (Å²) in [5.74, 6) is 0.799. The summed E-state index contributed by atoms with van der Waals surface area (Å²) in [7, 11) is -1.43. The minimum absolute atomic E-state index is 0.166. The molecule has 2 heterocycles. The number of methoxy groups -OCH3 is 2. The van der Waals surface area contributed by atoms with Crippen molar-refractivity contribution in [1.29, 1.82) is 0 Å². The molecule has 2 N–H and O–H groups in total. The normalized spacial score (nSPS) is 13.3. The molecule has 2 unspecified atom stereocenters. The van der Waals surface area contributed by atoms with Gasteiger partial charge < -0.3 is 19.0 Å². The number of aryl methyl sites for hydroxylation is 1. The van der Waals surface area contributed by atoms with Gasteiger partial charge in [0.1, 0.15) is 40.1 Å². The summed E-state index contributed by atoms with van der Waals surface area (Å²) in [5.41, 5.74) is 0.145. The van der Waals surface area contributed by atoms with Crippen LogP contribution >= 0.6 is 15.9 Å². The third kappa shape index (κ3) is 5.20. The van der Waals surface area contributed by atoms with Crippen molar-refractivity contribution < 1.29 is 31.8 Å². The summed E-state index contributed by atoms with van der Waals surface area (Å²) in [4.78, 5) is 0. The molecule has 0 fully saturated rings. The lowest BCUT2D eigenvalue weighted by Crippen LogP contribution is -2.32. The fourth-order valence-corrected chi connectivity index (χ4v) is 5.10. The number of rotatable bonds is 9. The van der Waals surface area contributed by atoms with E-state index in [2.05, 4.69) is 30.8 Å². The molecule has 0 amide bonds. The van der Waals surface area contributed by atoms with Crippen molar-refractivity contribution in [3.8, 4) is 28.8 Å². The smallest absolute Gasteiger partial charge is 0.243 e. The van der Waals surface area contributed by atoms with Crippen molar-refractivity contribution in [2.75, 3.05) is 18.9 Å². The van der Waals surface area contributed by atoms with E-state index in [-0.39, 0.29) is 17.3 Å². The zero-order valence-corrected chi connectivity index (χ0v) is 22.7. The fraction of sp³-hybridized carbons (Fsp3) is 0.250. The number of anilines is 1. The predicted octanol–water partition coefficient (Wildman–Crippen LogP) is 4.62. The van der Waals surface area contributed by atoms with E-state index in [4.69, 9.17) is 13.9 Å². The quantitative estimate of drug-likeness (QED) is 0.287. The van der Waals surface area contributed by atoms with Crippen LogP contribution in [-0.2, 0) is 10.0 Å². The van der Waals surface area contributed by atoms with Gasteiger partial charge in [-0.25, -0.2) is 12.8 Å². The second kappa shape index (κ2) is 10.5. The maximum absolute atomic E-state index is 14.5. The molecule has 0 radical (unpaired) electrons. The van der Waals surface area contributed by atoms with Crippen LogP contribution in [0.5, 0.6) is 11.5 Å². The van der Waals surface area contributed by atoms with Gasteiger partial charge in [0.25, 0.3) is 0 Å². The average molecular weight is 595 g/mol. The lowest BCUT2D eigenvalue weighted by molar-refractivity contribution is 0.171. The monoisotopic (exact) mass is 594 g/mol. The number of furan rings is 1. The molecule has 2 atom stereocenters. The van der Waals surface area contributed by atoms with Crippen LogP contribution in [0.2, 0.25) is 0 Å². The molecule has 4 aromatic rings. The average Bonchev–Trinajstić information content (AvgIpc) is 3.47. The molecule has 37 heavy (non-hydrogen) atoms. The Labute approximate surface area is 221 Å². The Hall–Kier alpha value is -3.42. The van der Waals surface area contributed by atoms with Crippen LogP contribution in [0.15, 0.2) is 57.4 Å². The van der Waals surface area contributed by atoms with E-state index in [1.807, 2.05) is 0 Å². The third-order valence-electron chi connectivity index (χ3n) is 5.70. The number of nitrogens with zero attached hydrogens (tertiary/aromatic N) is 3. The number of para-hydroxylation sites is 1. The second-order valence-electron chi connectivity index (χ2n) is 8.07. The molecule has 13 heteroatoms. The highest BCUT2D eigenvalue weighted by atomic mass is 79.9. The van der Waals surface area contributed by atoms with Gasteiger partial charge in [-0.3, -0.25) is 9.29 Å². The number of ether oxygens (including phenoxy) is 2. The van der Waals surface area contributed by atoms with Crippen LogP contribution < -0.4 is 14.2 Å². The summed E-state index contributed by atoms with van der Waals surface area (Å²) in [6.45, 7) is 3.01. The summed E-state index contributed by atoms with van der Waals surface area (Å²) >= 11 is 3.14. The van der Waals surface area contributed by atoms with Gasteiger partial charge in [-0.2, -0.15) is 0 Å². The number of aliphatic hydroxyl groups is 1. The van der Waals surface area contributed by atoms with Gasteiger partial charge in [-0.15, -0.1) is 10.2 Å². The van der Waals surface area contributed by atoms with Crippen molar-refractivity contribution in [3.63, 3.8) is 0 Å². The minimum Gasteiger partial charge on any atom is -0.494 e. The van der Waals surface area contributed by atoms with E-state index >= 15 is 0 Å². The van der Waals surface area contributed by atoms with Gasteiger partial charge in [0, 0.05) is 10.0 Å². The molecule has 0 saturated carbocycles. The zero-order valence-electron chi connectivity index (χ0n) is 20.3. The molecule has 0 saturated heterocycles. The van der Waals surface area contributed by atoms with Crippen LogP contribution in [0.1, 0.15) is 24.4 Å². The molecule has 10 nitrogen and oxygen atoms in total. The first-order valence-corrected chi connectivity index (χ1v) is 13.3. The predicted molar refractivity (Wildman–Crippen MR) is 138 cm³/mol. The van der Waals surface area contributed by atoms with Crippen LogP contribution in [0.3, 0.4) is 0 Å². The van der Waals surface area contributed by atoms with E-state index in [1.54, 1.807) is 37.3 Å². The molecule has 0 spiro atoms. The first-order chi connectivity index (χ1) is 17.6. The van der Waals surface area contributed by atoms with Crippen LogP contribution in [-0.4, -0.2) is 47.8 Å². The van der Waals surface area contributed by atoms with Crippen molar-refractivity contribution in [2.24, 2.45) is 0 Å². The third-order valence-corrected chi connectivity index (χ3v) is 7.90. The number of hydrogen-bond acceptors (Lipinski definition) is 8. The maximum atomic E-state index is 14.5. The van der Waals surface area contributed by atoms with Gasteiger partial charge in [0.15, 0.2) is 5.76 Å². The molecule has 0 aliphatic rings. The Balaban J connectivity index is 1.82. The standard InChI is InChI=1S/C24H24BrFN4O6S/c1-13-8-11-20(36-13)23-27-28-24(30(23)21-18(34-3)6-5-7-19(21)35-4)29-37(32,33)14(2)22(31)16-10-9-15(25)12-17(16)26/h5-12,14,22,31H,1-4H3,(H,28,29). The number of aromatic nitrogens is 3. The Kier molecular flexibility index (Phi) is 7.57. The number of benzene rings is 2. The molecule has 0 aliphatic heterocycles. The van der Waals surface area contributed by atoms with Gasteiger partial charge >= 0.3 is 0 Å². The Morgan fingerprint density at radius 2 is 1.78 bits per heavy atom. The van der Waals surface area contributed by atoms with Crippen molar-refractivity contribution in [2.45, 2.75) is 25.2 Å². The summed E-state index contributed by atoms with van der Waals surface area (Å²) in [6, 6.07) is 12.4. The topological polar surface area (TPSA) is 129 Å². The van der Waals surface area contributed by atoms with E-state index < -0.39 is 27.2 Å². The molecule has 0 bridgehead atoms. The highest BCUT2D eigenvalue weighted by molar-refractivity contribution is 9.10. The molecule has 4 rings (SSSR count). The molecular formula is C24H24BrFN4O6S.